The third kappa shape index (κ3) is 3.26. The van der Waals surface area contributed by atoms with Crippen molar-refractivity contribution in [3.63, 3.8) is 0 Å². The fourth-order valence-electron chi connectivity index (χ4n) is 1.69. The van der Waals surface area contributed by atoms with Gasteiger partial charge in [0.05, 0.1) is 12.7 Å². The summed E-state index contributed by atoms with van der Waals surface area (Å²) in [6.07, 6.45) is 0. The normalized spacial score (nSPS) is 10.1. The van der Waals surface area contributed by atoms with E-state index in [1.807, 2.05) is 0 Å². The van der Waals surface area contributed by atoms with Crippen molar-refractivity contribution in [2.45, 2.75) is 6.61 Å². The van der Waals surface area contributed by atoms with Gasteiger partial charge in [0.15, 0.2) is 0 Å². The number of ether oxygens (including phenoxy) is 2. The number of benzene rings is 2. The van der Waals surface area contributed by atoms with Crippen molar-refractivity contribution in [1.82, 2.24) is 0 Å². The minimum atomic E-state index is -1.02. The van der Waals surface area contributed by atoms with E-state index in [1.54, 1.807) is 6.07 Å². The van der Waals surface area contributed by atoms with Crippen molar-refractivity contribution in [3.05, 3.63) is 59.4 Å². The van der Waals surface area contributed by atoms with Crippen molar-refractivity contribution in [2.75, 3.05) is 7.11 Å². The van der Waals surface area contributed by atoms with Crippen LogP contribution in [0, 0.1) is 5.82 Å². The molecule has 104 valence electrons. The Morgan fingerprint density at radius 1 is 1.20 bits per heavy atom. The van der Waals surface area contributed by atoms with Crippen molar-refractivity contribution >= 4 is 5.97 Å². The summed E-state index contributed by atoms with van der Waals surface area (Å²) in [4.78, 5) is 10.9. The highest BCUT2D eigenvalue weighted by molar-refractivity contribution is 5.88. The molecule has 0 saturated heterocycles. The minimum Gasteiger partial charge on any atom is -0.496 e. The van der Waals surface area contributed by atoms with E-state index >= 15 is 0 Å². The molecule has 1 N–H and O–H groups in total. The Hall–Kier alpha value is -2.56. The van der Waals surface area contributed by atoms with Gasteiger partial charge in [0.2, 0.25) is 0 Å². The third-order valence-corrected chi connectivity index (χ3v) is 2.74. The molecule has 20 heavy (non-hydrogen) atoms. The highest BCUT2D eigenvalue weighted by Crippen LogP contribution is 2.22. The van der Waals surface area contributed by atoms with E-state index in [0.717, 1.165) is 0 Å². The van der Waals surface area contributed by atoms with Crippen molar-refractivity contribution in [3.8, 4) is 11.5 Å². The Bertz CT molecular complexity index is 608. The average Bonchev–Trinajstić information content (AvgIpc) is 2.46. The second-order valence-electron chi connectivity index (χ2n) is 4.07. The van der Waals surface area contributed by atoms with Crippen molar-refractivity contribution in [1.29, 1.82) is 0 Å². The first-order valence-electron chi connectivity index (χ1n) is 5.88. The van der Waals surface area contributed by atoms with Gasteiger partial charge >= 0.3 is 5.97 Å². The molecule has 4 nitrogen and oxygen atoms in total. The largest absolute Gasteiger partial charge is 0.496 e. The molecule has 0 atom stereocenters. The van der Waals surface area contributed by atoms with E-state index in [1.165, 1.54) is 43.5 Å². The first-order valence-corrected chi connectivity index (χ1v) is 5.88. The molecule has 0 amide bonds. The molecule has 0 aliphatic carbocycles. The molecule has 2 rings (SSSR count). The van der Waals surface area contributed by atoms with Gasteiger partial charge in [-0.1, -0.05) is 6.07 Å². The van der Waals surface area contributed by atoms with Gasteiger partial charge in [0.1, 0.15) is 23.9 Å². The summed E-state index contributed by atoms with van der Waals surface area (Å²) in [5, 5.41) is 8.91. The van der Waals surface area contributed by atoms with E-state index in [4.69, 9.17) is 14.6 Å². The summed E-state index contributed by atoms with van der Waals surface area (Å²) >= 11 is 0. The van der Waals surface area contributed by atoms with Crippen molar-refractivity contribution in [2.24, 2.45) is 0 Å². The van der Waals surface area contributed by atoms with Crippen LogP contribution < -0.4 is 9.47 Å². The number of carboxylic acids is 1. The zero-order valence-corrected chi connectivity index (χ0v) is 10.8. The first kappa shape index (κ1) is 13.9. The van der Waals surface area contributed by atoms with Crippen LogP contribution in [-0.2, 0) is 6.61 Å². The number of halogens is 1. The van der Waals surface area contributed by atoms with E-state index in [-0.39, 0.29) is 18.0 Å². The van der Waals surface area contributed by atoms with Gasteiger partial charge in [-0.05, 0) is 36.4 Å². The van der Waals surface area contributed by atoms with Crippen LogP contribution in [0.5, 0.6) is 11.5 Å². The standard InChI is InChI=1S/C15H13FO4/c1-19-14-8-10(15(17)18)2-3-11(14)9-20-13-6-4-12(16)5-7-13/h2-8H,9H2,1H3,(H,17,18). The zero-order valence-electron chi connectivity index (χ0n) is 10.8. The molecular formula is C15H13FO4. The second kappa shape index (κ2) is 6.06. The van der Waals surface area contributed by atoms with Crippen LogP contribution in [0.2, 0.25) is 0 Å². The monoisotopic (exact) mass is 276 g/mol. The van der Waals surface area contributed by atoms with Crippen LogP contribution in [0.4, 0.5) is 4.39 Å². The molecule has 0 saturated carbocycles. The number of hydrogen-bond donors (Lipinski definition) is 1. The number of hydrogen-bond acceptors (Lipinski definition) is 3. The van der Waals surface area contributed by atoms with Gasteiger partial charge in [-0.3, -0.25) is 0 Å². The van der Waals surface area contributed by atoms with Crippen LogP contribution in [0.3, 0.4) is 0 Å². The minimum absolute atomic E-state index is 0.146. The molecule has 0 bridgehead atoms. The van der Waals surface area contributed by atoms with E-state index in [9.17, 15) is 9.18 Å². The fraction of sp³-hybridized carbons (Fsp3) is 0.133. The highest BCUT2D eigenvalue weighted by atomic mass is 19.1. The summed E-state index contributed by atoms with van der Waals surface area (Å²) in [5.74, 6) is -0.391. The Balaban J connectivity index is 2.12. The molecule has 0 heterocycles. The predicted octanol–water partition coefficient (Wildman–Crippen LogP) is 3.11. The van der Waals surface area contributed by atoms with Crippen LogP contribution in [0.25, 0.3) is 0 Å². The molecule has 0 aliphatic heterocycles. The van der Waals surface area contributed by atoms with Gasteiger partial charge in [-0.2, -0.15) is 0 Å². The van der Waals surface area contributed by atoms with Crippen LogP contribution >= 0.6 is 0 Å². The summed E-state index contributed by atoms with van der Waals surface area (Å²) < 4.78 is 23.4. The summed E-state index contributed by atoms with van der Waals surface area (Å²) in [6, 6.07) is 10.2. The third-order valence-electron chi connectivity index (χ3n) is 2.74. The van der Waals surface area contributed by atoms with Crippen LogP contribution in [0.15, 0.2) is 42.5 Å². The van der Waals surface area contributed by atoms with Gasteiger partial charge in [0, 0.05) is 5.56 Å². The zero-order chi connectivity index (χ0) is 14.5. The van der Waals surface area contributed by atoms with Crippen LogP contribution in [-0.4, -0.2) is 18.2 Å². The maximum atomic E-state index is 12.8. The molecule has 2 aromatic carbocycles. The summed E-state index contributed by atoms with van der Waals surface area (Å²) in [5.41, 5.74) is 0.856. The maximum Gasteiger partial charge on any atom is 0.335 e. The van der Waals surface area contributed by atoms with Gasteiger partial charge in [-0.25, -0.2) is 9.18 Å². The lowest BCUT2D eigenvalue weighted by Crippen LogP contribution is -2.02. The first-order chi connectivity index (χ1) is 9.60. The quantitative estimate of drug-likeness (QED) is 0.911. The Kier molecular flexibility index (Phi) is 4.20. The van der Waals surface area contributed by atoms with Crippen LogP contribution in [0.1, 0.15) is 15.9 Å². The lowest BCUT2D eigenvalue weighted by Gasteiger charge is -2.11. The number of carbonyl (C=O) groups is 1. The fourth-order valence-corrected chi connectivity index (χ4v) is 1.69. The van der Waals surface area contributed by atoms with E-state index in [2.05, 4.69) is 0 Å². The SMILES string of the molecule is COc1cc(C(=O)O)ccc1COc1ccc(F)cc1. The topological polar surface area (TPSA) is 55.8 Å². The number of carboxylic acid groups (broad SMARTS) is 1. The number of aromatic carboxylic acids is 1. The molecule has 0 spiro atoms. The summed E-state index contributed by atoms with van der Waals surface area (Å²) in [6.45, 7) is 0.203. The highest BCUT2D eigenvalue weighted by Gasteiger charge is 2.09. The Labute approximate surface area is 115 Å². The van der Waals surface area contributed by atoms with Gasteiger partial charge in [0.25, 0.3) is 0 Å². The molecule has 5 heteroatoms. The van der Waals surface area contributed by atoms with E-state index < -0.39 is 5.97 Å². The predicted molar refractivity (Wildman–Crippen MR) is 70.7 cm³/mol. The number of methoxy groups -OCH3 is 1. The lowest BCUT2D eigenvalue weighted by molar-refractivity contribution is 0.0696. The Morgan fingerprint density at radius 3 is 2.50 bits per heavy atom. The molecule has 0 radical (unpaired) electrons. The lowest BCUT2D eigenvalue weighted by atomic mass is 10.1. The molecule has 2 aromatic rings. The molecule has 0 fully saturated rings. The molecule has 0 unspecified atom stereocenters. The number of rotatable bonds is 5. The maximum absolute atomic E-state index is 12.8. The molecule has 0 aliphatic rings. The average molecular weight is 276 g/mol. The second-order valence-corrected chi connectivity index (χ2v) is 4.07. The van der Waals surface area contributed by atoms with E-state index in [0.29, 0.717) is 17.1 Å². The van der Waals surface area contributed by atoms with Gasteiger partial charge < -0.3 is 14.6 Å². The Morgan fingerprint density at radius 2 is 1.90 bits per heavy atom. The molecule has 0 aromatic heterocycles. The van der Waals surface area contributed by atoms with Crippen molar-refractivity contribution < 1.29 is 23.8 Å². The molecular weight excluding hydrogens is 263 g/mol. The van der Waals surface area contributed by atoms with Gasteiger partial charge in [-0.15, -0.1) is 0 Å². The summed E-state index contributed by atoms with van der Waals surface area (Å²) in [7, 11) is 1.46. The smallest absolute Gasteiger partial charge is 0.335 e.